The minimum Gasteiger partial charge on any atom is -0.467 e. The average molecular weight is 360 g/mol. The zero-order valence-electron chi connectivity index (χ0n) is 14.9. The molecule has 0 spiro atoms. The van der Waals surface area contributed by atoms with Crippen molar-refractivity contribution in [2.24, 2.45) is 5.92 Å². The second kappa shape index (κ2) is 7.11. The molecule has 136 valence electrons. The van der Waals surface area contributed by atoms with E-state index in [0.717, 1.165) is 11.3 Å². The van der Waals surface area contributed by atoms with E-state index in [2.05, 4.69) is 5.32 Å². The molecule has 1 N–H and O–H groups in total. The molecule has 0 saturated carbocycles. The number of hydrogen-bond donors (Lipinski definition) is 1. The van der Waals surface area contributed by atoms with E-state index in [9.17, 15) is 9.59 Å². The van der Waals surface area contributed by atoms with E-state index in [1.54, 1.807) is 23.3 Å². The van der Waals surface area contributed by atoms with Crippen LogP contribution in [-0.2, 0) is 9.59 Å². The van der Waals surface area contributed by atoms with Gasteiger partial charge in [-0.05, 0) is 36.8 Å². The fourth-order valence-electron chi connectivity index (χ4n) is 3.50. The number of amides is 2. The van der Waals surface area contributed by atoms with Gasteiger partial charge in [-0.15, -0.1) is 0 Å². The second-order valence-corrected chi connectivity index (χ2v) is 6.62. The van der Waals surface area contributed by atoms with E-state index >= 15 is 0 Å². The largest absolute Gasteiger partial charge is 0.467 e. The van der Waals surface area contributed by atoms with Crippen LogP contribution in [0.25, 0.3) is 0 Å². The van der Waals surface area contributed by atoms with E-state index < -0.39 is 12.0 Å². The van der Waals surface area contributed by atoms with Crippen molar-refractivity contribution in [3.8, 4) is 0 Å². The van der Waals surface area contributed by atoms with E-state index in [1.165, 1.54) is 0 Å². The van der Waals surface area contributed by atoms with Crippen molar-refractivity contribution >= 4 is 17.5 Å². The minimum absolute atomic E-state index is 0.186. The van der Waals surface area contributed by atoms with Crippen molar-refractivity contribution in [3.63, 3.8) is 0 Å². The fourth-order valence-corrected chi connectivity index (χ4v) is 3.50. The zero-order chi connectivity index (χ0) is 18.8. The van der Waals surface area contributed by atoms with Crippen molar-refractivity contribution in [1.29, 1.82) is 0 Å². The Morgan fingerprint density at radius 3 is 2.30 bits per heavy atom. The lowest BCUT2D eigenvalue weighted by molar-refractivity contribution is -0.142. The Morgan fingerprint density at radius 2 is 1.67 bits per heavy atom. The van der Waals surface area contributed by atoms with Crippen molar-refractivity contribution in [1.82, 2.24) is 5.32 Å². The number of hydrogen-bond acceptors (Lipinski definition) is 3. The maximum Gasteiger partial charge on any atom is 0.242 e. The van der Waals surface area contributed by atoms with Crippen LogP contribution in [0.3, 0.4) is 0 Å². The maximum absolute atomic E-state index is 12.9. The first-order valence-electron chi connectivity index (χ1n) is 8.93. The lowest BCUT2D eigenvalue weighted by atomic mass is 9.83. The van der Waals surface area contributed by atoms with Crippen LogP contribution in [0, 0.1) is 5.92 Å². The predicted octanol–water partition coefficient (Wildman–Crippen LogP) is 3.86. The number of β-lactam (4-membered cyclic amide) rings is 1. The Kier molecular flexibility index (Phi) is 4.50. The quantitative estimate of drug-likeness (QED) is 0.555. The predicted molar refractivity (Wildman–Crippen MR) is 102 cm³/mol. The molecule has 1 aromatic heterocycles. The molecule has 4 rings (SSSR count). The summed E-state index contributed by atoms with van der Waals surface area (Å²) in [7, 11) is 0. The fraction of sp³-hybridized carbons (Fsp3) is 0.182. The van der Waals surface area contributed by atoms with Gasteiger partial charge in [0.05, 0.1) is 12.3 Å². The summed E-state index contributed by atoms with van der Waals surface area (Å²) in [6.45, 7) is 1.91. The van der Waals surface area contributed by atoms with E-state index in [-0.39, 0.29) is 17.9 Å². The van der Waals surface area contributed by atoms with Crippen LogP contribution in [0.2, 0.25) is 0 Å². The molecule has 3 aromatic rings. The topological polar surface area (TPSA) is 62.6 Å². The van der Waals surface area contributed by atoms with Gasteiger partial charge in [0.2, 0.25) is 11.8 Å². The van der Waals surface area contributed by atoms with Gasteiger partial charge in [-0.3, -0.25) is 14.5 Å². The Hall–Kier alpha value is -3.34. The molecule has 0 unspecified atom stereocenters. The van der Waals surface area contributed by atoms with Crippen LogP contribution in [0.15, 0.2) is 83.5 Å². The number of anilines is 1. The smallest absolute Gasteiger partial charge is 0.242 e. The summed E-state index contributed by atoms with van der Waals surface area (Å²) in [6, 6.07) is 22.0. The monoisotopic (exact) mass is 360 g/mol. The summed E-state index contributed by atoms with van der Waals surface area (Å²) in [4.78, 5) is 27.4. The molecule has 1 aliphatic rings. The third-order valence-electron chi connectivity index (χ3n) is 4.91. The summed E-state index contributed by atoms with van der Waals surface area (Å²) in [5, 5.41) is 2.96. The zero-order valence-corrected chi connectivity index (χ0v) is 14.9. The number of carbonyl (C=O) groups is 2. The molecule has 5 nitrogen and oxygen atoms in total. The molecule has 27 heavy (non-hydrogen) atoms. The first-order chi connectivity index (χ1) is 13.2. The highest BCUT2D eigenvalue weighted by Crippen LogP contribution is 2.43. The average Bonchev–Trinajstić information content (AvgIpc) is 3.21. The van der Waals surface area contributed by atoms with Crippen molar-refractivity contribution in [2.75, 3.05) is 4.90 Å². The van der Waals surface area contributed by atoms with Gasteiger partial charge in [0.15, 0.2) is 0 Å². The summed E-state index contributed by atoms with van der Waals surface area (Å²) in [6.07, 6.45) is 1.56. The molecule has 2 heterocycles. The number of carbonyl (C=O) groups excluding carboxylic acids is 2. The van der Waals surface area contributed by atoms with Gasteiger partial charge in [0.25, 0.3) is 0 Å². The van der Waals surface area contributed by atoms with E-state index in [1.807, 2.05) is 67.6 Å². The van der Waals surface area contributed by atoms with Gasteiger partial charge in [-0.1, -0.05) is 48.5 Å². The molecule has 2 amide bonds. The molecule has 0 bridgehead atoms. The second-order valence-electron chi connectivity index (χ2n) is 6.62. The van der Waals surface area contributed by atoms with Crippen LogP contribution in [-0.4, -0.2) is 11.8 Å². The number of nitrogens with zero attached hydrogens (tertiary/aromatic N) is 1. The molecular weight excluding hydrogens is 340 g/mol. The lowest BCUT2D eigenvalue weighted by Crippen LogP contribution is -2.60. The number of furan rings is 1. The molecule has 1 fully saturated rings. The number of rotatable bonds is 5. The van der Waals surface area contributed by atoms with Crippen molar-refractivity contribution in [2.45, 2.75) is 19.0 Å². The van der Waals surface area contributed by atoms with Crippen molar-refractivity contribution < 1.29 is 14.0 Å². The third-order valence-corrected chi connectivity index (χ3v) is 4.91. The molecule has 3 atom stereocenters. The summed E-state index contributed by atoms with van der Waals surface area (Å²) >= 11 is 0. The molecule has 1 aliphatic heterocycles. The van der Waals surface area contributed by atoms with E-state index in [0.29, 0.717) is 5.76 Å². The molecule has 1 saturated heterocycles. The summed E-state index contributed by atoms with van der Waals surface area (Å²) in [5.41, 5.74) is 1.75. The highest BCUT2D eigenvalue weighted by atomic mass is 16.3. The standard InChI is InChI=1S/C22H20N2O3/c1-15(16-9-4-2-5-10-16)23-21(25)19-20(18-13-8-14-27-18)24(22(19)26)17-11-6-3-7-12-17/h2-15,19-20H,1H3,(H,23,25)/t15-,19+,20-/m1/s1. The van der Waals surface area contributed by atoms with Crippen molar-refractivity contribution in [3.05, 3.63) is 90.4 Å². The van der Waals surface area contributed by atoms with Gasteiger partial charge < -0.3 is 9.73 Å². The Bertz CT molecular complexity index is 923. The van der Waals surface area contributed by atoms with Gasteiger partial charge in [0.1, 0.15) is 17.7 Å². The summed E-state index contributed by atoms with van der Waals surface area (Å²) in [5.74, 6) is -0.709. The van der Waals surface area contributed by atoms with Gasteiger partial charge in [-0.25, -0.2) is 0 Å². The normalized spacial score (nSPS) is 20.0. The molecule has 5 heteroatoms. The molecule has 2 aromatic carbocycles. The van der Waals surface area contributed by atoms with Crippen LogP contribution in [0.5, 0.6) is 0 Å². The highest BCUT2D eigenvalue weighted by molar-refractivity contribution is 6.15. The summed E-state index contributed by atoms with van der Waals surface area (Å²) < 4.78 is 5.53. The Morgan fingerprint density at radius 1 is 1.00 bits per heavy atom. The third kappa shape index (κ3) is 3.12. The SMILES string of the molecule is C[C@@H](NC(=O)[C@H]1C(=O)N(c2ccccc2)[C@@H]1c1ccco1)c1ccccc1. The minimum atomic E-state index is -0.803. The number of para-hydroxylation sites is 1. The number of benzene rings is 2. The Balaban J connectivity index is 1.58. The van der Waals surface area contributed by atoms with Gasteiger partial charge in [0, 0.05) is 5.69 Å². The first kappa shape index (κ1) is 17.1. The van der Waals surface area contributed by atoms with Crippen LogP contribution in [0.4, 0.5) is 5.69 Å². The highest BCUT2D eigenvalue weighted by Gasteiger charge is 2.54. The van der Waals surface area contributed by atoms with Crippen LogP contribution >= 0.6 is 0 Å². The Labute approximate surface area is 157 Å². The lowest BCUT2D eigenvalue weighted by Gasteiger charge is -2.45. The van der Waals surface area contributed by atoms with Gasteiger partial charge >= 0.3 is 0 Å². The van der Waals surface area contributed by atoms with Gasteiger partial charge in [-0.2, -0.15) is 0 Å². The maximum atomic E-state index is 12.9. The number of nitrogens with one attached hydrogen (secondary N) is 1. The molecular formula is C22H20N2O3. The van der Waals surface area contributed by atoms with E-state index in [4.69, 9.17) is 4.42 Å². The molecule has 0 aliphatic carbocycles. The van der Waals surface area contributed by atoms with Crippen LogP contribution in [0.1, 0.15) is 30.3 Å². The van der Waals surface area contributed by atoms with Crippen LogP contribution < -0.4 is 10.2 Å². The molecule has 0 radical (unpaired) electrons. The first-order valence-corrected chi connectivity index (χ1v) is 8.93.